The fourth-order valence-corrected chi connectivity index (χ4v) is 4.89. The number of hydrogen-bond acceptors (Lipinski definition) is 7. The van der Waals surface area contributed by atoms with Gasteiger partial charge in [0.15, 0.2) is 5.82 Å². The molecule has 32 heavy (non-hydrogen) atoms. The molecule has 1 N–H and O–H groups in total. The molecule has 1 aliphatic rings. The Hall–Kier alpha value is -2.65. The Morgan fingerprint density at radius 1 is 1.19 bits per heavy atom. The number of thioether (sulfide) groups is 1. The summed E-state index contributed by atoms with van der Waals surface area (Å²) in [5.74, 6) is 0.317. The molecule has 1 aromatic carbocycles. The first-order valence-electron chi connectivity index (χ1n) is 10.5. The molecule has 0 unspecified atom stereocenters. The molecular formula is C23H26N4O3S2. The second kappa shape index (κ2) is 8.71. The number of nitrogens with zero attached hydrogens (tertiary/aromatic N) is 3. The number of hydrogen-bond donors (Lipinski definition) is 1. The summed E-state index contributed by atoms with van der Waals surface area (Å²) in [6.07, 6.45) is 1.79. The fraction of sp³-hybridized carbons (Fsp3) is 0.391. The van der Waals surface area contributed by atoms with Crippen molar-refractivity contribution >= 4 is 40.8 Å². The third kappa shape index (κ3) is 4.88. The zero-order valence-electron chi connectivity index (χ0n) is 18.5. The summed E-state index contributed by atoms with van der Waals surface area (Å²) in [6.45, 7) is 7.53. The minimum Gasteiger partial charge on any atom is -0.443 e. The largest absolute Gasteiger partial charge is 0.443 e. The second-order valence-electron chi connectivity index (χ2n) is 8.73. The van der Waals surface area contributed by atoms with Crippen molar-refractivity contribution in [1.29, 1.82) is 0 Å². The zero-order valence-corrected chi connectivity index (χ0v) is 20.2. The minimum atomic E-state index is -0.678. The summed E-state index contributed by atoms with van der Waals surface area (Å²) >= 11 is 2.78. The van der Waals surface area contributed by atoms with E-state index in [4.69, 9.17) is 4.74 Å². The van der Waals surface area contributed by atoms with Gasteiger partial charge in [0.05, 0.1) is 0 Å². The number of ether oxygens (including phenoxy) is 1. The van der Waals surface area contributed by atoms with Gasteiger partial charge in [0, 0.05) is 16.6 Å². The van der Waals surface area contributed by atoms with Crippen LogP contribution in [0.4, 0.5) is 10.5 Å². The predicted molar refractivity (Wildman–Crippen MR) is 127 cm³/mol. The van der Waals surface area contributed by atoms with Gasteiger partial charge in [-0.2, -0.15) is 11.3 Å². The first-order valence-corrected chi connectivity index (χ1v) is 12.3. The van der Waals surface area contributed by atoms with E-state index in [1.807, 2.05) is 61.9 Å². The van der Waals surface area contributed by atoms with Crippen LogP contribution in [-0.2, 0) is 16.0 Å². The van der Waals surface area contributed by atoms with Crippen molar-refractivity contribution in [2.24, 2.45) is 0 Å². The van der Waals surface area contributed by atoms with Gasteiger partial charge in [-0.3, -0.25) is 4.79 Å². The molecule has 9 heteroatoms. The van der Waals surface area contributed by atoms with Gasteiger partial charge in [0.25, 0.3) is 0 Å². The lowest BCUT2D eigenvalue weighted by atomic mass is 10.1. The molecule has 0 saturated heterocycles. The van der Waals surface area contributed by atoms with Crippen LogP contribution in [0.15, 0.2) is 46.2 Å². The van der Waals surface area contributed by atoms with E-state index in [1.165, 1.54) is 33.2 Å². The highest BCUT2D eigenvalue weighted by molar-refractivity contribution is 8.01. The molecule has 168 valence electrons. The summed E-state index contributed by atoms with van der Waals surface area (Å²) in [7, 11) is 0. The monoisotopic (exact) mass is 470 g/mol. The van der Waals surface area contributed by atoms with Gasteiger partial charge in [-0.1, -0.05) is 30.8 Å². The maximum Gasteiger partial charge on any atom is 0.422 e. The van der Waals surface area contributed by atoms with Crippen molar-refractivity contribution in [3.8, 4) is 11.4 Å². The number of amides is 1. The van der Waals surface area contributed by atoms with Crippen LogP contribution < -0.4 is 5.32 Å². The predicted octanol–water partition coefficient (Wildman–Crippen LogP) is 5.62. The van der Waals surface area contributed by atoms with Crippen molar-refractivity contribution in [2.45, 2.75) is 62.5 Å². The standard InChI is InChI=1S/C23H26N4O3S2/c1-5-15-6-8-17(9-7-15)24-19(28)23(11-12-23)32-20-26-25-18(16-10-13-31-14-16)27(20)21(29)30-22(2,3)4/h6-10,13-14H,5,11-12H2,1-4H3,(H,24,28). The third-order valence-corrected chi connectivity index (χ3v) is 7.13. The molecule has 2 heterocycles. The van der Waals surface area contributed by atoms with Crippen molar-refractivity contribution < 1.29 is 14.3 Å². The van der Waals surface area contributed by atoms with E-state index >= 15 is 0 Å². The summed E-state index contributed by atoms with van der Waals surface area (Å²) < 4.78 is 6.31. The molecule has 0 radical (unpaired) electrons. The Balaban J connectivity index is 1.59. The van der Waals surface area contributed by atoms with Crippen LogP contribution >= 0.6 is 23.1 Å². The Morgan fingerprint density at radius 3 is 2.47 bits per heavy atom. The minimum absolute atomic E-state index is 0.0948. The van der Waals surface area contributed by atoms with Crippen LogP contribution in [0.3, 0.4) is 0 Å². The first-order chi connectivity index (χ1) is 15.2. The van der Waals surface area contributed by atoms with E-state index < -0.39 is 16.4 Å². The number of nitrogens with one attached hydrogen (secondary N) is 1. The zero-order chi connectivity index (χ0) is 22.9. The summed E-state index contributed by atoms with van der Waals surface area (Å²) in [5.41, 5.74) is 2.08. The SMILES string of the molecule is CCc1ccc(NC(=O)C2(Sc3nnc(-c4ccsc4)n3C(=O)OC(C)(C)C)CC2)cc1. The Morgan fingerprint density at radius 2 is 1.91 bits per heavy atom. The van der Waals surface area contributed by atoms with Crippen molar-refractivity contribution in [3.63, 3.8) is 0 Å². The van der Waals surface area contributed by atoms with E-state index in [1.54, 1.807) is 0 Å². The lowest BCUT2D eigenvalue weighted by Gasteiger charge is -2.21. The smallest absolute Gasteiger partial charge is 0.422 e. The van der Waals surface area contributed by atoms with Crippen molar-refractivity contribution in [1.82, 2.24) is 14.8 Å². The van der Waals surface area contributed by atoms with Crippen molar-refractivity contribution in [2.75, 3.05) is 5.32 Å². The van der Waals surface area contributed by atoms with E-state index in [9.17, 15) is 9.59 Å². The molecule has 0 aliphatic heterocycles. The van der Waals surface area contributed by atoms with Crippen LogP contribution in [0, 0.1) is 0 Å². The topological polar surface area (TPSA) is 86.1 Å². The lowest BCUT2D eigenvalue weighted by Crippen LogP contribution is -2.30. The van der Waals surface area contributed by atoms with Gasteiger partial charge in [-0.15, -0.1) is 10.2 Å². The van der Waals surface area contributed by atoms with E-state index in [0.29, 0.717) is 23.8 Å². The Labute approximate surface area is 195 Å². The van der Waals surface area contributed by atoms with Gasteiger partial charge in [0.1, 0.15) is 10.3 Å². The Bertz CT molecular complexity index is 1110. The molecule has 4 rings (SSSR count). The lowest BCUT2D eigenvalue weighted by molar-refractivity contribution is -0.116. The van der Waals surface area contributed by atoms with Gasteiger partial charge in [0.2, 0.25) is 11.1 Å². The molecule has 1 aliphatic carbocycles. The molecule has 1 fully saturated rings. The van der Waals surface area contributed by atoms with Crippen LogP contribution in [0.5, 0.6) is 0 Å². The number of aryl methyl sites for hydroxylation is 1. The number of rotatable bonds is 6. The van der Waals surface area contributed by atoms with Gasteiger partial charge in [-0.05, 0) is 69.2 Å². The van der Waals surface area contributed by atoms with Crippen LogP contribution in [0.1, 0.15) is 46.1 Å². The first kappa shape index (κ1) is 22.5. The fourth-order valence-electron chi connectivity index (χ4n) is 3.12. The highest BCUT2D eigenvalue weighted by Crippen LogP contribution is 2.52. The third-order valence-electron chi connectivity index (χ3n) is 5.01. The number of thiophene rings is 1. The van der Waals surface area contributed by atoms with Gasteiger partial charge in [-0.25, -0.2) is 9.36 Å². The number of benzene rings is 1. The van der Waals surface area contributed by atoms with Crippen LogP contribution in [-0.4, -0.2) is 37.1 Å². The quantitative estimate of drug-likeness (QED) is 0.503. The highest BCUT2D eigenvalue weighted by atomic mass is 32.2. The number of carbonyl (C=O) groups is 2. The van der Waals surface area contributed by atoms with Crippen molar-refractivity contribution in [3.05, 3.63) is 46.7 Å². The number of anilines is 1. The molecular weight excluding hydrogens is 444 g/mol. The molecule has 0 atom stereocenters. The van der Waals surface area contributed by atoms with Crippen LogP contribution in [0.2, 0.25) is 0 Å². The maximum atomic E-state index is 13.1. The Kier molecular flexibility index (Phi) is 6.13. The molecule has 1 amide bonds. The number of aromatic nitrogens is 3. The molecule has 1 saturated carbocycles. The summed E-state index contributed by atoms with van der Waals surface area (Å²) in [4.78, 5) is 26.1. The van der Waals surface area contributed by atoms with E-state index in [2.05, 4.69) is 22.4 Å². The van der Waals surface area contributed by atoms with Crippen LogP contribution in [0.25, 0.3) is 11.4 Å². The molecule has 3 aromatic rings. The summed E-state index contributed by atoms with van der Waals surface area (Å²) in [6, 6.07) is 9.72. The van der Waals surface area contributed by atoms with Gasteiger partial charge < -0.3 is 10.1 Å². The average Bonchev–Trinajstić information content (AvgIpc) is 3.12. The molecule has 0 bridgehead atoms. The molecule has 0 spiro atoms. The van der Waals surface area contributed by atoms with E-state index in [-0.39, 0.29) is 5.91 Å². The summed E-state index contributed by atoms with van der Waals surface area (Å²) in [5, 5.41) is 15.7. The normalized spacial score (nSPS) is 14.8. The molecule has 7 nitrogen and oxygen atoms in total. The second-order valence-corrected chi connectivity index (χ2v) is 10.9. The van der Waals surface area contributed by atoms with E-state index in [0.717, 1.165) is 17.7 Å². The number of carbonyl (C=O) groups excluding carboxylic acids is 2. The molecule has 2 aromatic heterocycles. The van der Waals surface area contributed by atoms with Gasteiger partial charge >= 0.3 is 6.09 Å². The highest BCUT2D eigenvalue weighted by Gasteiger charge is 2.52. The average molecular weight is 471 g/mol. The maximum absolute atomic E-state index is 13.1.